The molecule has 5 heteroatoms. The van der Waals surface area contributed by atoms with Crippen LogP contribution in [0.15, 0.2) is 18.2 Å². The van der Waals surface area contributed by atoms with Gasteiger partial charge in [-0.05, 0) is 37.5 Å². The molecule has 3 N–H and O–H groups in total. The standard InChI is InChI=1S/C16H19ClN2O2/c17-13-5-7-15(12(11-13)3-1-9-18)19-16(20)8-6-14-4-2-10-21-14/h5,7,11,14H,2,4,6,8-10,18H2,(H,19,20). The predicted octanol–water partition coefficient (Wildman–Crippen LogP) is 2.55. The molecule has 112 valence electrons. The zero-order valence-electron chi connectivity index (χ0n) is 11.8. The van der Waals surface area contributed by atoms with Crippen LogP contribution in [-0.4, -0.2) is 25.2 Å². The maximum atomic E-state index is 12.0. The Balaban J connectivity index is 1.95. The van der Waals surface area contributed by atoms with Gasteiger partial charge < -0.3 is 15.8 Å². The maximum Gasteiger partial charge on any atom is 0.224 e. The van der Waals surface area contributed by atoms with Crippen molar-refractivity contribution in [3.63, 3.8) is 0 Å². The molecule has 0 spiro atoms. The third-order valence-electron chi connectivity index (χ3n) is 3.30. The number of hydrogen-bond donors (Lipinski definition) is 2. The number of hydrogen-bond acceptors (Lipinski definition) is 3. The molecule has 1 fully saturated rings. The number of amides is 1. The largest absolute Gasteiger partial charge is 0.378 e. The van der Waals surface area contributed by atoms with Crippen molar-refractivity contribution in [2.45, 2.75) is 31.8 Å². The first-order valence-corrected chi connectivity index (χ1v) is 7.47. The summed E-state index contributed by atoms with van der Waals surface area (Å²) in [5.74, 6) is 5.65. The first-order chi connectivity index (χ1) is 10.2. The summed E-state index contributed by atoms with van der Waals surface area (Å²) in [7, 11) is 0. The van der Waals surface area contributed by atoms with Gasteiger partial charge in [-0.1, -0.05) is 23.4 Å². The lowest BCUT2D eigenvalue weighted by Crippen LogP contribution is -2.15. The second-order valence-corrected chi connectivity index (χ2v) is 5.35. The van der Waals surface area contributed by atoms with Gasteiger partial charge in [0.25, 0.3) is 0 Å². The second-order valence-electron chi connectivity index (χ2n) is 4.92. The number of carbonyl (C=O) groups is 1. The molecule has 21 heavy (non-hydrogen) atoms. The number of benzene rings is 1. The Labute approximate surface area is 130 Å². The van der Waals surface area contributed by atoms with Crippen LogP contribution in [0, 0.1) is 11.8 Å². The fourth-order valence-corrected chi connectivity index (χ4v) is 2.42. The number of halogens is 1. The van der Waals surface area contributed by atoms with Crippen LogP contribution >= 0.6 is 11.6 Å². The molecule has 4 nitrogen and oxygen atoms in total. The Bertz CT molecular complexity index is 557. The Kier molecular flexibility index (Phi) is 6.06. The van der Waals surface area contributed by atoms with Crippen molar-refractivity contribution in [2.75, 3.05) is 18.5 Å². The van der Waals surface area contributed by atoms with E-state index in [0.717, 1.165) is 25.9 Å². The first kappa shape index (κ1) is 15.8. The molecule has 0 aromatic heterocycles. The zero-order chi connectivity index (χ0) is 15.1. The average Bonchev–Trinajstić information content (AvgIpc) is 2.98. The maximum absolute atomic E-state index is 12.0. The lowest BCUT2D eigenvalue weighted by molar-refractivity contribution is -0.116. The van der Waals surface area contributed by atoms with E-state index in [1.807, 2.05) is 0 Å². The summed E-state index contributed by atoms with van der Waals surface area (Å²) >= 11 is 5.95. The summed E-state index contributed by atoms with van der Waals surface area (Å²) < 4.78 is 5.51. The van der Waals surface area contributed by atoms with E-state index in [-0.39, 0.29) is 18.6 Å². The van der Waals surface area contributed by atoms with Crippen molar-refractivity contribution >= 4 is 23.2 Å². The molecule has 1 heterocycles. The number of rotatable bonds is 4. The SMILES string of the molecule is NCC#Cc1cc(Cl)ccc1NC(=O)CCC1CCCO1. The van der Waals surface area contributed by atoms with Gasteiger partial charge in [-0.2, -0.15) is 0 Å². The minimum Gasteiger partial charge on any atom is -0.378 e. The molecule has 1 aliphatic heterocycles. The highest BCUT2D eigenvalue weighted by molar-refractivity contribution is 6.30. The Morgan fingerprint density at radius 1 is 1.52 bits per heavy atom. The zero-order valence-corrected chi connectivity index (χ0v) is 12.6. The molecular formula is C16H19ClN2O2. The lowest BCUT2D eigenvalue weighted by atomic mass is 10.1. The van der Waals surface area contributed by atoms with Crippen LogP contribution in [0.25, 0.3) is 0 Å². The van der Waals surface area contributed by atoms with Crippen molar-refractivity contribution in [1.29, 1.82) is 0 Å². The van der Waals surface area contributed by atoms with E-state index in [1.165, 1.54) is 0 Å². The van der Waals surface area contributed by atoms with E-state index in [2.05, 4.69) is 17.2 Å². The van der Waals surface area contributed by atoms with Crippen LogP contribution in [0.3, 0.4) is 0 Å². The third kappa shape index (κ3) is 5.05. The van der Waals surface area contributed by atoms with E-state index in [4.69, 9.17) is 22.1 Å². The molecule has 1 aliphatic rings. The van der Waals surface area contributed by atoms with Gasteiger partial charge in [-0.15, -0.1) is 0 Å². The quantitative estimate of drug-likeness (QED) is 0.840. The minimum absolute atomic E-state index is 0.0383. The molecule has 1 aromatic rings. The topological polar surface area (TPSA) is 64.3 Å². The molecule has 0 bridgehead atoms. The number of carbonyl (C=O) groups excluding carboxylic acids is 1. The fraction of sp³-hybridized carbons (Fsp3) is 0.438. The number of anilines is 1. The van der Waals surface area contributed by atoms with Gasteiger partial charge >= 0.3 is 0 Å². The summed E-state index contributed by atoms with van der Waals surface area (Å²) in [4.78, 5) is 12.0. The summed E-state index contributed by atoms with van der Waals surface area (Å²) in [5.41, 5.74) is 6.72. The van der Waals surface area contributed by atoms with Crippen LogP contribution < -0.4 is 11.1 Å². The highest BCUT2D eigenvalue weighted by atomic mass is 35.5. The monoisotopic (exact) mass is 306 g/mol. The average molecular weight is 307 g/mol. The second kappa shape index (κ2) is 8.04. The van der Waals surface area contributed by atoms with Gasteiger partial charge in [-0.3, -0.25) is 4.79 Å². The van der Waals surface area contributed by atoms with Crippen molar-refractivity contribution in [1.82, 2.24) is 0 Å². The van der Waals surface area contributed by atoms with Crippen LogP contribution in [0.4, 0.5) is 5.69 Å². The van der Waals surface area contributed by atoms with Gasteiger partial charge in [0.15, 0.2) is 0 Å². The van der Waals surface area contributed by atoms with Crippen molar-refractivity contribution in [3.05, 3.63) is 28.8 Å². The highest BCUT2D eigenvalue weighted by Crippen LogP contribution is 2.21. The van der Waals surface area contributed by atoms with Crippen molar-refractivity contribution < 1.29 is 9.53 Å². The molecule has 1 atom stereocenters. The Morgan fingerprint density at radius 3 is 3.10 bits per heavy atom. The first-order valence-electron chi connectivity index (χ1n) is 7.09. The third-order valence-corrected chi connectivity index (χ3v) is 3.53. The Morgan fingerprint density at radius 2 is 2.38 bits per heavy atom. The smallest absolute Gasteiger partial charge is 0.224 e. The number of nitrogens with two attached hydrogens (primary N) is 1. The van der Waals surface area contributed by atoms with E-state index >= 15 is 0 Å². The molecule has 0 saturated carbocycles. The molecule has 0 aliphatic carbocycles. The molecule has 1 unspecified atom stereocenters. The Hall–Kier alpha value is -1.54. The normalized spacial score (nSPS) is 17.1. The molecular weight excluding hydrogens is 288 g/mol. The van der Waals surface area contributed by atoms with Gasteiger partial charge in [0.1, 0.15) is 0 Å². The fourth-order valence-electron chi connectivity index (χ4n) is 2.25. The molecule has 1 aromatic carbocycles. The minimum atomic E-state index is -0.0383. The van der Waals surface area contributed by atoms with E-state index in [1.54, 1.807) is 18.2 Å². The summed E-state index contributed by atoms with van der Waals surface area (Å²) in [6.07, 6.45) is 3.54. The summed E-state index contributed by atoms with van der Waals surface area (Å²) in [6.45, 7) is 1.07. The predicted molar refractivity (Wildman–Crippen MR) is 84.2 cm³/mol. The van der Waals surface area contributed by atoms with E-state index in [9.17, 15) is 4.79 Å². The number of ether oxygens (including phenoxy) is 1. The lowest BCUT2D eigenvalue weighted by Gasteiger charge is -2.10. The highest BCUT2D eigenvalue weighted by Gasteiger charge is 2.17. The van der Waals surface area contributed by atoms with Crippen LogP contribution in [0.1, 0.15) is 31.2 Å². The molecule has 1 saturated heterocycles. The molecule has 0 radical (unpaired) electrons. The van der Waals surface area contributed by atoms with Crippen LogP contribution in [0.2, 0.25) is 5.02 Å². The van der Waals surface area contributed by atoms with Gasteiger partial charge in [-0.25, -0.2) is 0 Å². The van der Waals surface area contributed by atoms with Gasteiger partial charge in [0.05, 0.1) is 18.3 Å². The van der Waals surface area contributed by atoms with Crippen molar-refractivity contribution in [3.8, 4) is 11.8 Å². The van der Waals surface area contributed by atoms with Gasteiger partial charge in [0.2, 0.25) is 5.91 Å². The van der Waals surface area contributed by atoms with Crippen LogP contribution in [0.5, 0.6) is 0 Å². The van der Waals surface area contributed by atoms with Crippen LogP contribution in [-0.2, 0) is 9.53 Å². The van der Waals surface area contributed by atoms with E-state index in [0.29, 0.717) is 22.7 Å². The summed E-state index contributed by atoms with van der Waals surface area (Å²) in [5, 5.41) is 3.45. The van der Waals surface area contributed by atoms with Gasteiger partial charge in [0, 0.05) is 23.6 Å². The van der Waals surface area contributed by atoms with Crippen molar-refractivity contribution in [2.24, 2.45) is 5.73 Å². The molecule has 1 amide bonds. The van der Waals surface area contributed by atoms with E-state index < -0.39 is 0 Å². The summed E-state index contributed by atoms with van der Waals surface area (Å²) in [6, 6.07) is 5.21. The molecule has 2 rings (SSSR count). The number of nitrogens with one attached hydrogen (secondary N) is 1.